The van der Waals surface area contributed by atoms with Crippen molar-refractivity contribution in [1.82, 2.24) is 0 Å². The van der Waals surface area contributed by atoms with Gasteiger partial charge in [-0.05, 0) is 48.9 Å². The second-order valence-corrected chi connectivity index (χ2v) is 9.06. The van der Waals surface area contributed by atoms with Crippen LogP contribution in [-0.2, 0) is 0 Å². The highest BCUT2D eigenvalue weighted by atomic mass is 16.7. The van der Waals surface area contributed by atoms with E-state index in [-0.39, 0.29) is 0 Å². The van der Waals surface area contributed by atoms with E-state index >= 15 is 0 Å². The van der Waals surface area contributed by atoms with E-state index in [1.807, 2.05) is 36.4 Å². The predicted molar refractivity (Wildman–Crippen MR) is 113 cm³/mol. The Hall–Kier alpha value is -2.36. The van der Waals surface area contributed by atoms with Crippen molar-refractivity contribution in [2.75, 3.05) is 13.2 Å². The number of benzene rings is 2. The Bertz CT molecular complexity index is 846. The first-order valence-corrected chi connectivity index (χ1v) is 11.0. The van der Waals surface area contributed by atoms with Gasteiger partial charge in [0.05, 0.1) is 24.3 Å². The summed E-state index contributed by atoms with van der Waals surface area (Å²) in [6.45, 7) is 8.10. The van der Waals surface area contributed by atoms with Crippen LogP contribution in [0, 0.1) is 17.8 Å². The molecule has 3 aliphatic rings. The minimum Gasteiger partial charge on any atom is -0.493 e. The molecule has 0 unspecified atom stereocenters. The van der Waals surface area contributed by atoms with Gasteiger partial charge in [0.2, 0.25) is 0 Å². The first-order chi connectivity index (χ1) is 14.1. The van der Waals surface area contributed by atoms with Crippen molar-refractivity contribution < 1.29 is 18.9 Å². The SMILES string of the molecule is CC(C)[C@H]1CC[C@@H](C)CC12Oc1cccc3c1-c1c(cccc1O2)OCCCO3. The molecule has 0 saturated heterocycles. The largest absolute Gasteiger partial charge is 0.493 e. The molecule has 4 heteroatoms. The molecular formula is C25H30O4. The summed E-state index contributed by atoms with van der Waals surface area (Å²) in [5.74, 6) is 4.00. The predicted octanol–water partition coefficient (Wildman–Crippen LogP) is 6.07. The summed E-state index contributed by atoms with van der Waals surface area (Å²) in [5.41, 5.74) is 1.91. The summed E-state index contributed by atoms with van der Waals surface area (Å²) in [6.07, 6.45) is 4.04. The molecule has 2 atom stereocenters. The number of rotatable bonds is 1. The van der Waals surface area contributed by atoms with Gasteiger partial charge >= 0.3 is 0 Å². The van der Waals surface area contributed by atoms with Crippen molar-refractivity contribution in [2.45, 2.75) is 52.2 Å². The smallest absolute Gasteiger partial charge is 0.254 e. The second-order valence-electron chi connectivity index (χ2n) is 9.06. The van der Waals surface area contributed by atoms with Crippen LogP contribution >= 0.6 is 0 Å². The molecule has 1 aliphatic carbocycles. The average Bonchev–Trinajstić information content (AvgIpc) is 2.74. The zero-order chi connectivity index (χ0) is 20.0. The van der Waals surface area contributed by atoms with Gasteiger partial charge in [0.1, 0.15) is 23.0 Å². The Morgan fingerprint density at radius 1 is 0.828 bits per heavy atom. The molecule has 0 bridgehead atoms. The first-order valence-electron chi connectivity index (χ1n) is 11.0. The van der Waals surface area contributed by atoms with E-state index in [9.17, 15) is 0 Å². The van der Waals surface area contributed by atoms with Gasteiger partial charge in [-0.25, -0.2) is 0 Å². The van der Waals surface area contributed by atoms with Crippen LogP contribution in [0.1, 0.15) is 46.5 Å². The molecule has 2 aromatic carbocycles. The molecule has 154 valence electrons. The maximum atomic E-state index is 6.86. The van der Waals surface area contributed by atoms with Gasteiger partial charge in [-0.15, -0.1) is 0 Å². The topological polar surface area (TPSA) is 36.9 Å². The molecule has 4 nitrogen and oxygen atoms in total. The summed E-state index contributed by atoms with van der Waals surface area (Å²) in [6, 6.07) is 12.2. The van der Waals surface area contributed by atoms with Gasteiger partial charge < -0.3 is 18.9 Å². The highest BCUT2D eigenvalue weighted by molar-refractivity contribution is 5.86. The quantitative estimate of drug-likeness (QED) is 0.588. The van der Waals surface area contributed by atoms with Crippen LogP contribution in [0.3, 0.4) is 0 Å². The number of hydrogen-bond donors (Lipinski definition) is 0. The van der Waals surface area contributed by atoms with Crippen LogP contribution in [0.25, 0.3) is 11.1 Å². The van der Waals surface area contributed by atoms with E-state index in [2.05, 4.69) is 20.8 Å². The molecule has 0 amide bonds. The molecule has 0 aromatic heterocycles. The zero-order valence-corrected chi connectivity index (χ0v) is 17.6. The van der Waals surface area contributed by atoms with Crippen LogP contribution in [0.15, 0.2) is 36.4 Å². The Kier molecular flexibility index (Phi) is 4.60. The fraction of sp³-hybridized carbons (Fsp3) is 0.520. The maximum Gasteiger partial charge on any atom is 0.254 e. The Morgan fingerprint density at radius 2 is 1.38 bits per heavy atom. The fourth-order valence-corrected chi connectivity index (χ4v) is 5.24. The number of hydrogen-bond acceptors (Lipinski definition) is 4. The summed E-state index contributed by atoms with van der Waals surface area (Å²) in [4.78, 5) is 0. The molecule has 1 saturated carbocycles. The maximum absolute atomic E-state index is 6.86. The molecule has 29 heavy (non-hydrogen) atoms. The van der Waals surface area contributed by atoms with Crippen molar-refractivity contribution in [2.24, 2.45) is 17.8 Å². The molecular weight excluding hydrogens is 364 g/mol. The highest BCUT2D eigenvalue weighted by Crippen LogP contribution is 2.55. The molecule has 2 aliphatic heterocycles. The first kappa shape index (κ1) is 18.7. The Balaban J connectivity index is 1.75. The van der Waals surface area contributed by atoms with Gasteiger partial charge in [0.25, 0.3) is 5.79 Å². The minimum absolute atomic E-state index is 0.319. The van der Waals surface area contributed by atoms with Crippen molar-refractivity contribution in [1.29, 1.82) is 0 Å². The highest BCUT2D eigenvalue weighted by Gasteiger charge is 2.51. The summed E-state index contributed by atoms with van der Waals surface area (Å²) in [7, 11) is 0. The molecule has 1 spiro atoms. The molecule has 1 fully saturated rings. The van der Waals surface area contributed by atoms with E-state index in [4.69, 9.17) is 18.9 Å². The second kappa shape index (κ2) is 7.16. The third-order valence-corrected chi connectivity index (χ3v) is 6.57. The summed E-state index contributed by atoms with van der Waals surface area (Å²) >= 11 is 0. The third-order valence-electron chi connectivity index (χ3n) is 6.57. The van der Waals surface area contributed by atoms with Crippen molar-refractivity contribution in [3.05, 3.63) is 36.4 Å². The average molecular weight is 395 g/mol. The lowest BCUT2D eigenvalue weighted by Gasteiger charge is -2.46. The van der Waals surface area contributed by atoms with Gasteiger partial charge in [-0.1, -0.05) is 32.9 Å². The number of ether oxygens (including phenoxy) is 4. The Morgan fingerprint density at radius 3 is 1.93 bits per heavy atom. The van der Waals surface area contributed by atoms with Crippen molar-refractivity contribution in [3.63, 3.8) is 0 Å². The molecule has 2 aromatic rings. The van der Waals surface area contributed by atoms with Crippen LogP contribution in [0.2, 0.25) is 0 Å². The minimum atomic E-state index is -0.673. The van der Waals surface area contributed by atoms with E-state index in [1.54, 1.807) is 0 Å². The van der Waals surface area contributed by atoms with Gasteiger partial charge in [0, 0.05) is 18.8 Å². The Labute approximate surface area is 173 Å². The van der Waals surface area contributed by atoms with E-state index < -0.39 is 5.79 Å². The van der Waals surface area contributed by atoms with Gasteiger partial charge in [-0.3, -0.25) is 0 Å². The molecule has 5 rings (SSSR count). The fourth-order valence-electron chi connectivity index (χ4n) is 5.24. The van der Waals surface area contributed by atoms with Crippen LogP contribution in [-0.4, -0.2) is 19.0 Å². The molecule has 2 heterocycles. The van der Waals surface area contributed by atoms with Crippen molar-refractivity contribution >= 4 is 0 Å². The lowest BCUT2D eigenvalue weighted by Crippen LogP contribution is -2.54. The van der Waals surface area contributed by atoms with Gasteiger partial charge in [0.15, 0.2) is 0 Å². The van der Waals surface area contributed by atoms with E-state index in [0.29, 0.717) is 31.0 Å². The van der Waals surface area contributed by atoms with Crippen LogP contribution in [0.4, 0.5) is 0 Å². The molecule has 0 radical (unpaired) electrons. The van der Waals surface area contributed by atoms with E-state index in [1.165, 1.54) is 6.42 Å². The van der Waals surface area contributed by atoms with Gasteiger partial charge in [-0.2, -0.15) is 0 Å². The lowest BCUT2D eigenvalue weighted by molar-refractivity contribution is -0.194. The molecule has 0 N–H and O–H groups in total. The third kappa shape index (κ3) is 3.13. The van der Waals surface area contributed by atoms with Crippen LogP contribution in [0.5, 0.6) is 23.0 Å². The zero-order valence-electron chi connectivity index (χ0n) is 17.6. The van der Waals surface area contributed by atoms with Crippen molar-refractivity contribution in [3.8, 4) is 34.1 Å². The standard InChI is InChI=1S/C25H30O4/c1-16(2)18-12-11-17(3)15-25(18)28-21-9-4-7-19-23(21)24-20(27-14-6-13-26-19)8-5-10-22(24)29-25/h4-5,7-10,16-18H,6,11-15H2,1-3H3/t17-,18-/m1/s1. The monoisotopic (exact) mass is 394 g/mol. The lowest BCUT2D eigenvalue weighted by atomic mass is 9.72. The van der Waals surface area contributed by atoms with E-state index in [0.717, 1.165) is 53.4 Å². The van der Waals surface area contributed by atoms with Crippen LogP contribution < -0.4 is 18.9 Å². The summed E-state index contributed by atoms with van der Waals surface area (Å²) < 4.78 is 26.0. The normalized spacial score (nSPS) is 24.6. The summed E-state index contributed by atoms with van der Waals surface area (Å²) in [5, 5.41) is 0.